The third kappa shape index (κ3) is 3.37. The molecule has 0 fully saturated rings. The predicted molar refractivity (Wildman–Crippen MR) is 98.0 cm³/mol. The number of nitrogens with one attached hydrogen (secondary N) is 1. The zero-order valence-electron chi connectivity index (χ0n) is 14.7. The van der Waals surface area contributed by atoms with Crippen molar-refractivity contribution in [3.63, 3.8) is 0 Å². The molecule has 0 bridgehead atoms. The lowest BCUT2D eigenvalue weighted by atomic mass is 9.94. The number of methoxy groups -OCH3 is 1. The maximum atomic E-state index is 12.7. The first-order valence-corrected chi connectivity index (χ1v) is 8.13. The number of para-hydroxylation sites is 1. The summed E-state index contributed by atoms with van der Waals surface area (Å²) in [5.41, 5.74) is 1.76. The van der Waals surface area contributed by atoms with Crippen molar-refractivity contribution < 1.29 is 19.2 Å². The number of nitro benzene ring substituents is 1. The molecule has 0 saturated carbocycles. The van der Waals surface area contributed by atoms with E-state index in [0.717, 1.165) is 0 Å². The highest BCUT2D eigenvalue weighted by Gasteiger charge is 2.37. The van der Waals surface area contributed by atoms with Crippen LogP contribution in [0.25, 0.3) is 0 Å². The highest BCUT2D eigenvalue weighted by atomic mass is 16.6. The molecule has 0 spiro atoms. The number of esters is 1. The highest BCUT2D eigenvalue weighted by Crippen LogP contribution is 2.34. The van der Waals surface area contributed by atoms with Gasteiger partial charge in [0, 0.05) is 17.8 Å². The third-order valence-corrected chi connectivity index (χ3v) is 4.34. The van der Waals surface area contributed by atoms with E-state index in [-0.39, 0.29) is 11.3 Å². The second-order valence-corrected chi connectivity index (χ2v) is 5.89. The van der Waals surface area contributed by atoms with Gasteiger partial charge in [-0.15, -0.1) is 0 Å². The lowest BCUT2D eigenvalue weighted by molar-refractivity contribution is -0.384. The van der Waals surface area contributed by atoms with Gasteiger partial charge < -0.3 is 10.1 Å². The summed E-state index contributed by atoms with van der Waals surface area (Å²) in [5.74, 6) is -0.586. The SMILES string of the molecule is COC(=O)C1=C(C)N(c2ccccc2)C(=O)NC1c1ccc([N+](=O)[O-])cc1. The van der Waals surface area contributed by atoms with Crippen LogP contribution in [-0.4, -0.2) is 24.0 Å². The highest BCUT2D eigenvalue weighted by molar-refractivity contribution is 6.03. The third-order valence-electron chi connectivity index (χ3n) is 4.34. The number of nitrogens with zero attached hydrogens (tertiary/aromatic N) is 2. The monoisotopic (exact) mass is 367 g/mol. The molecular formula is C19H17N3O5. The Kier molecular flexibility index (Phi) is 4.89. The standard InChI is InChI=1S/C19H17N3O5/c1-12-16(18(23)27-2)17(13-8-10-15(11-9-13)22(25)26)20-19(24)21(12)14-6-4-3-5-7-14/h3-11,17H,1-2H3,(H,20,24). The fraction of sp³-hybridized carbons (Fsp3) is 0.158. The van der Waals surface area contributed by atoms with Crippen LogP contribution in [0.2, 0.25) is 0 Å². The first-order valence-electron chi connectivity index (χ1n) is 8.13. The lowest BCUT2D eigenvalue weighted by Crippen LogP contribution is -2.48. The van der Waals surface area contributed by atoms with E-state index in [2.05, 4.69) is 5.32 Å². The molecule has 2 aromatic rings. The van der Waals surface area contributed by atoms with Crippen LogP contribution in [0.5, 0.6) is 0 Å². The summed E-state index contributed by atoms with van der Waals surface area (Å²) < 4.78 is 4.91. The van der Waals surface area contributed by atoms with Gasteiger partial charge in [-0.1, -0.05) is 18.2 Å². The number of amides is 2. The number of carbonyl (C=O) groups is 2. The van der Waals surface area contributed by atoms with E-state index in [9.17, 15) is 19.7 Å². The summed E-state index contributed by atoms with van der Waals surface area (Å²) in [4.78, 5) is 36.9. The maximum Gasteiger partial charge on any atom is 0.337 e. The number of urea groups is 1. The van der Waals surface area contributed by atoms with E-state index in [1.54, 1.807) is 31.2 Å². The van der Waals surface area contributed by atoms with Gasteiger partial charge >= 0.3 is 12.0 Å². The minimum Gasteiger partial charge on any atom is -0.466 e. The quantitative estimate of drug-likeness (QED) is 0.507. The van der Waals surface area contributed by atoms with Gasteiger partial charge in [0.15, 0.2) is 0 Å². The number of carbonyl (C=O) groups excluding carboxylic acids is 2. The summed E-state index contributed by atoms with van der Waals surface area (Å²) in [6.45, 7) is 1.66. The van der Waals surface area contributed by atoms with Crippen molar-refractivity contribution in [2.75, 3.05) is 12.0 Å². The molecule has 138 valence electrons. The summed E-state index contributed by atoms with van der Waals surface area (Å²) in [6.07, 6.45) is 0. The van der Waals surface area contributed by atoms with Gasteiger partial charge in [0.2, 0.25) is 0 Å². The molecule has 1 unspecified atom stereocenters. The molecule has 8 heteroatoms. The summed E-state index contributed by atoms with van der Waals surface area (Å²) in [6, 6.07) is 13.4. The van der Waals surface area contributed by atoms with Crippen molar-refractivity contribution in [1.82, 2.24) is 5.32 Å². The molecule has 8 nitrogen and oxygen atoms in total. The van der Waals surface area contributed by atoms with E-state index < -0.39 is 23.0 Å². The number of rotatable bonds is 4. The van der Waals surface area contributed by atoms with Gasteiger partial charge in [0.1, 0.15) is 0 Å². The van der Waals surface area contributed by atoms with E-state index >= 15 is 0 Å². The Balaban J connectivity index is 2.09. The van der Waals surface area contributed by atoms with Crippen LogP contribution >= 0.6 is 0 Å². The fourth-order valence-corrected chi connectivity index (χ4v) is 3.04. The predicted octanol–water partition coefficient (Wildman–Crippen LogP) is 3.31. The van der Waals surface area contributed by atoms with Crippen LogP contribution < -0.4 is 10.2 Å². The van der Waals surface area contributed by atoms with E-state index in [1.807, 2.05) is 6.07 Å². The van der Waals surface area contributed by atoms with Crippen molar-refractivity contribution in [3.05, 3.63) is 81.5 Å². The number of non-ortho nitro benzene ring substituents is 1. The molecule has 0 aliphatic carbocycles. The number of ether oxygens (including phenoxy) is 1. The van der Waals surface area contributed by atoms with Crippen LogP contribution in [0.4, 0.5) is 16.2 Å². The zero-order valence-corrected chi connectivity index (χ0v) is 14.7. The topological polar surface area (TPSA) is 102 Å². The van der Waals surface area contributed by atoms with Crippen molar-refractivity contribution in [3.8, 4) is 0 Å². The van der Waals surface area contributed by atoms with Crippen LogP contribution in [0.3, 0.4) is 0 Å². The number of hydrogen-bond donors (Lipinski definition) is 1. The molecule has 0 saturated heterocycles. The molecular weight excluding hydrogens is 350 g/mol. The Morgan fingerprint density at radius 1 is 1.15 bits per heavy atom. The van der Waals surface area contributed by atoms with E-state index in [1.165, 1.54) is 36.3 Å². The Hall–Kier alpha value is -3.68. The number of anilines is 1. The molecule has 0 aromatic heterocycles. The van der Waals surface area contributed by atoms with Crippen LogP contribution in [0, 0.1) is 10.1 Å². The van der Waals surface area contributed by atoms with Gasteiger partial charge in [0.05, 0.1) is 29.3 Å². The molecule has 2 aromatic carbocycles. The fourth-order valence-electron chi connectivity index (χ4n) is 3.04. The Bertz CT molecular complexity index is 922. The summed E-state index contributed by atoms with van der Waals surface area (Å²) in [5, 5.41) is 13.6. The Morgan fingerprint density at radius 3 is 2.33 bits per heavy atom. The molecule has 1 N–H and O–H groups in total. The van der Waals surface area contributed by atoms with Crippen LogP contribution in [-0.2, 0) is 9.53 Å². The second-order valence-electron chi connectivity index (χ2n) is 5.89. The van der Waals surface area contributed by atoms with Gasteiger partial charge in [-0.25, -0.2) is 9.59 Å². The molecule has 1 atom stereocenters. The number of allylic oxidation sites excluding steroid dienone is 1. The number of hydrogen-bond acceptors (Lipinski definition) is 5. The minimum atomic E-state index is -0.772. The van der Waals surface area contributed by atoms with Crippen molar-refractivity contribution in [1.29, 1.82) is 0 Å². The Labute approximate surface area is 155 Å². The van der Waals surface area contributed by atoms with Crippen molar-refractivity contribution in [2.24, 2.45) is 0 Å². The molecule has 3 rings (SSSR count). The van der Waals surface area contributed by atoms with E-state index in [0.29, 0.717) is 16.9 Å². The van der Waals surface area contributed by atoms with Gasteiger partial charge in [0.25, 0.3) is 5.69 Å². The first-order chi connectivity index (χ1) is 12.9. The minimum absolute atomic E-state index is 0.0767. The van der Waals surface area contributed by atoms with Crippen molar-refractivity contribution >= 4 is 23.4 Å². The second kappa shape index (κ2) is 7.28. The molecule has 1 aliphatic heterocycles. The summed E-state index contributed by atoms with van der Waals surface area (Å²) >= 11 is 0. The molecule has 27 heavy (non-hydrogen) atoms. The number of benzene rings is 2. The van der Waals surface area contributed by atoms with Gasteiger partial charge in [-0.05, 0) is 36.8 Å². The average Bonchev–Trinajstić information content (AvgIpc) is 2.68. The average molecular weight is 367 g/mol. The van der Waals surface area contributed by atoms with Gasteiger partial charge in [-0.2, -0.15) is 0 Å². The smallest absolute Gasteiger partial charge is 0.337 e. The van der Waals surface area contributed by atoms with Crippen LogP contribution in [0.15, 0.2) is 65.9 Å². The van der Waals surface area contributed by atoms with Gasteiger partial charge in [-0.3, -0.25) is 15.0 Å². The largest absolute Gasteiger partial charge is 0.466 e. The Morgan fingerprint density at radius 2 is 1.78 bits per heavy atom. The molecule has 1 aliphatic rings. The lowest BCUT2D eigenvalue weighted by Gasteiger charge is -2.35. The van der Waals surface area contributed by atoms with Crippen molar-refractivity contribution in [2.45, 2.75) is 13.0 Å². The number of nitro groups is 1. The van der Waals surface area contributed by atoms with Crippen LogP contribution in [0.1, 0.15) is 18.5 Å². The normalized spacial score (nSPS) is 16.7. The molecule has 0 radical (unpaired) electrons. The molecule has 1 heterocycles. The maximum absolute atomic E-state index is 12.7. The zero-order chi connectivity index (χ0) is 19.6. The first kappa shape index (κ1) is 18.1. The summed E-state index contributed by atoms with van der Waals surface area (Å²) in [7, 11) is 1.26. The van der Waals surface area contributed by atoms with E-state index in [4.69, 9.17) is 4.74 Å². The molecule has 2 amide bonds.